The Balaban J connectivity index is 1.40. The van der Waals surface area contributed by atoms with Crippen LogP contribution in [0.5, 0.6) is 0 Å². The van der Waals surface area contributed by atoms with Crippen molar-refractivity contribution in [1.29, 1.82) is 0 Å². The lowest BCUT2D eigenvalue weighted by Gasteiger charge is -2.25. The van der Waals surface area contributed by atoms with Gasteiger partial charge >= 0.3 is 0 Å². The van der Waals surface area contributed by atoms with Crippen molar-refractivity contribution in [3.63, 3.8) is 0 Å². The van der Waals surface area contributed by atoms with Gasteiger partial charge in [-0.1, -0.05) is 18.2 Å². The minimum atomic E-state index is 0.0200. The van der Waals surface area contributed by atoms with Crippen LogP contribution >= 0.6 is 11.8 Å². The number of hydrogen-bond donors (Lipinski definition) is 1. The Bertz CT molecular complexity index is 657. The first-order chi connectivity index (χ1) is 10.3. The monoisotopic (exact) mass is 299 g/mol. The molecule has 0 radical (unpaired) electrons. The molecule has 3 heterocycles. The van der Waals surface area contributed by atoms with E-state index in [1.807, 2.05) is 24.5 Å². The molecule has 2 aromatic rings. The average molecular weight is 299 g/mol. The lowest BCUT2D eigenvalue weighted by molar-refractivity contribution is -0.121. The number of nitrogens with zero attached hydrogens (tertiary/aromatic N) is 2. The van der Waals surface area contributed by atoms with E-state index in [-0.39, 0.29) is 17.2 Å². The summed E-state index contributed by atoms with van der Waals surface area (Å²) >= 11 is 1.69. The predicted molar refractivity (Wildman–Crippen MR) is 82.3 cm³/mol. The fourth-order valence-electron chi connectivity index (χ4n) is 3.11. The van der Waals surface area contributed by atoms with Gasteiger partial charge in [0.2, 0.25) is 5.91 Å². The molecular formula is C16H17N3OS. The molecule has 0 saturated carbocycles. The first-order valence-electron chi connectivity index (χ1n) is 7.34. The number of carbonyl (C=O) groups excluding carboxylic acids is 1. The van der Waals surface area contributed by atoms with Crippen LogP contribution < -0.4 is 5.32 Å². The van der Waals surface area contributed by atoms with Crippen LogP contribution in [0.15, 0.2) is 41.6 Å². The van der Waals surface area contributed by atoms with Crippen LogP contribution in [0.25, 0.3) is 0 Å². The van der Waals surface area contributed by atoms with Crippen molar-refractivity contribution < 1.29 is 4.79 Å². The normalized spacial score (nSPS) is 23.4. The molecular weight excluding hydrogens is 282 g/mol. The molecule has 4 rings (SSSR count). The van der Waals surface area contributed by atoms with E-state index in [9.17, 15) is 4.79 Å². The van der Waals surface area contributed by atoms with Crippen LogP contribution in [0.3, 0.4) is 0 Å². The second-order valence-electron chi connectivity index (χ2n) is 5.66. The van der Waals surface area contributed by atoms with Gasteiger partial charge in [-0.15, -0.1) is 11.8 Å². The molecule has 0 spiro atoms. The van der Waals surface area contributed by atoms with Gasteiger partial charge in [-0.25, -0.2) is 4.98 Å². The Kier molecular flexibility index (Phi) is 3.22. The summed E-state index contributed by atoms with van der Waals surface area (Å²) in [4.78, 5) is 18.0. The maximum atomic E-state index is 12.5. The highest BCUT2D eigenvalue weighted by atomic mass is 32.2. The van der Waals surface area contributed by atoms with Gasteiger partial charge in [0.05, 0.1) is 5.25 Å². The molecule has 108 valence electrons. The molecule has 0 saturated heterocycles. The molecule has 2 aliphatic rings. The summed E-state index contributed by atoms with van der Waals surface area (Å²) in [5.41, 5.74) is 1.29. The minimum absolute atomic E-state index is 0.0200. The van der Waals surface area contributed by atoms with Crippen molar-refractivity contribution in [2.45, 2.75) is 42.0 Å². The Morgan fingerprint density at radius 2 is 2.29 bits per heavy atom. The Morgan fingerprint density at radius 1 is 1.38 bits per heavy atom. The second-order valence-corrected chi connectivity index (χ2v) is 6.90. The van der Waals surface area contributed by atoms with Crippen LogP contribution in [0, 0.1) is 0 Å². The van der Waals surface area contributed by atoms with Gasteiger partial charge in [0.25, 0.3) is 0 Å². The standard InChI is InChI=1S/C16H17N3OS/c20-16(14-9-11-3-1-2-4-13(11)21-14)18-12-5-6-15-17-7-8-19(15)10-12/h1-4,7-8,12,14H,5-6,9-10H2,(H,18,20)/t12-,14+/m0/s1. The van der Waals surface area contributed by atoms with Gasteiger partial charge in [0, 0.05) is 36.3 Å². The van der Waals surface area contributed by atoms with E-state index in [0.29, 0.717) is 0 Å². The summed E-state index contributed by atoms with van der Waals surface area (Å²) < 4.78 is 2.14. The van der Waals surface area contributed by atoms with Crippen LogP contribution in [0.1, 0.15) is 17.8 Å². The van der Waals surface area contributed by atoms with Crippen LogP contribution in [0.4, 0.5) is 0 Å². The second kappa shape index (κ2) is 5.22. The van der Waals surface area contributed by atoms with E-state index >= 15 is 0 Å². The maximum absolute atomic E-state index is 12.5. The zero-order valence-corrected chi connectivity index (χ0v) is 12.5. The Hall–Kier alpha value is -1.75. The van der Waals surface area contributed by atoms with Crippen molar-refractivity contribution in [3.05, 3.63) is 48.0 Å². The van der Waals surface area contributed by atoms with Gasteiger partial charge in [-0.05, 0) is 24.5 Å². The molecule has 2 atom stereocenters. The molecule has 4 nitrogen and oxygen atoms in total. The highest BCUT2D eigenvalue weighted by molar-refractivity contribution is 8.01. The molecule has 2 aliphatic heterocycles. The van der Waals surface area contributed by atoms with Gasteiger partial charge in [0.1, 0.15) is 5.82 Å². The van der Waals surface area contributed by atoms with E-state index in [1.165, 1.54) is 10.5 Å². The van der Waals surface area contributed by atoms with Gasteiger partial charge in [0.15, 0.2) is 0 Å². The lowest BCUT2D eigenvalue weighted by Crippen LogP contribution is -2.44. The molecule has 1 amide bonds. The highest BCUT2D eigenvalue weighted by Crippen LogP contribution is 2.36. The molecule has 0 bridgehead atoms. The first kappa shape index (κ1) is 13.0. The summed E-state index contributed by atoms with van der Waals surface area (Å²) in [6.45, 7) is 0.839. The molecule has 1 N–H and O–H groups in total. The summed E-state index contributed by atoms with van der Waals surface area (Å²) in [5.74, 6) is 1.30. The number of aryl methyl sites for hydroxylation is 1. The van der Waals surface area contributed by atoms with Crippen molar-refractivity contribution in [1.82, 2.24) is 14.9 Å². The van der Waals surface area contributed by atoms with E-state index in [0.717, 1.165) is 31.6 Å². The van der Waals surface area contributed by atoms with E-state index < -0.39 is 0 Å². The van der Waals surface area contributed by atoms with Gasteiger partial charge in [-0.3, -0.25) is 4.79 Å². The largest absolute Gasteiger partial charge is 0.351 e. The van der Waals surface area contributed by atoms with Gasteiger partial charge in [-0.2, -0.15) is 0 Å². The first-order valence-corrected chi connectivity index (χ1v) is 8.22. The van der Waals surface area contributed by atoms with Crippen molar-refractivity contribution in [3.8, 4) is 0 Å². The van der Waals surface area contributed by atoms with Crippen molar-refractivity contribution in [2.75, 3.05) is 0 Å². The molecule has 0 aliphatic carbocycles. The molecule has 21 heavy (non-hydrogen) atoms. The third kappa shape index (κ3) is 2.46. The molecule has 0 unspecified atom stereocenters. The smallest absolute Gasteiger partial charge is 0.234 e. The lowest BCUT2D eigenvalue weighted by atomic mass is 10.1. The number of hydrogen-bond acceptors (Lipinski definition) is 3. The number of aromatic nitrogens is 2. The topological polar surface area (TPSA) is 46.9 Å². The number of fused-ring (bicyclic) bond motifs is 2. The average Bonchev–Trinajstić information content (AvgIpc) is 3.13. The molecule has 1 aromatic carbocycles. The summed E-state index contributed by atoms with van der Waals surface area (Å²) in [5, 5.41) is 3.24. The van der Waals surface area contributed by atoms with E-state index in [1.54, 1.807) is 11.8 Å². The number of thioether (sulfide) groups is 1. The highest BCUT2D eigenvalue weighted by Gasteiger charge is 2.30. The van der Waals surface area contributed by atoms with Crippen LogP contribution in [-0.4, -0.2) is 26.8 Å². The van der Waals surface area contributed by atoms with Gasteiger partial charge < -0.3 is 9.88 Å². The molecule has 0 fully saturated rings. The van der Waals surface area contributed by atoms with Crippen molar-refractivity contribution in [2.24, 2.45) is 0 Å². The maximum Gasteiger partial charge on any atom is 0.234 e. The fraction of sp³-hybridized carbons (Fsp3) is 0.375. The number of amides is 1. The van der Waals surface area contributed by atoms with Crippen molar-refractivity contribution >= 4 is 17.7 Å². The number of imidazole rings is 1. The summed E-state index contributed by atoms with van der Waals surface area (Å²) in [6, 6.07) is 8.53. The minimum Gasteiger partial charge on any atom is -0.351 e. The number of carbonyl (C=O) groups is 1. The number of benzene rings is 1. The number of rotatable bonds is 2. The Labute approximate surface area is 128 Å². The summed E-state index contributed by atoms with van der Waals surface area (Å²) in [7, 11) is 0. The SMILES string of the molecule is O=C(N[C@H]1CCc2nccn2C1)[C@H]1Cc2ccccc2S1. The quantitative estimate of drug-likeness (QED) is 0.923. The summed E-state index contributed by atoms with van der Waals surface area (Å²) in [6.07, 6.45) is 6.59. The van der Waals surface area contributed by atoms with Crippen LogP contribution in [0.2, 0.25) is 0 Å². The molecule has 5 heteroatoms. The molecule has 1 aromatic heterocycles. The third-order valence-electron chi connectivity index (χ3n) is 4.22. The zero-order valence-electron chi connectivity index (χ0n) is 11.7. The van der Waals surface area contributed by atoms with E-state index in [2.05, 4.69) is 27.0 Å². The number of nitrogens with one attached hydrogen (secondary N) is 1. The van der Waals surface area contributed by atoms with Crippen LogP contribution in [-0.2, 0) is 24.2 Å². The fourth-order valence-corrected chi connectivity index (χ4v) is 4.31. The Morgan fingerprint density at radius 3 is 3.19 bits per heavy atom. The van der Waals surface area contributed by atoms with E-state index in [4.69, 9.17) is 0 Å². The third-order valence-corrected chi connectivity index (χ3v) is 5.54. The zero-order chi connectivity index (χ0) is 14.2. The predicted octanol–water partition coefficient (Wildman–Crippen LogP) is 2.03.